The van der Waals surface area contributed by atoms with E-state index in [4.69, 9.17) is 12.2 Å². The molecule has 1 aliphatic rings. The molecule has 5 nitrogen and oxygen atoms in total. The molecule has 0 atom stereocenters. The van der Waals surface area contributed by atoms with Crippen molar-refractivity contribution < 1.29 is 9.59 Å². The van der Waals surface area contributed by atoms with Gasteiger partial charge in [-0.05, 0) is 31.9 Å². The number of thiazole rings is 1. The molecule has 0 unspecified atom stereocenters. The maximum Gasteiger partial charge on any atom is 0.266 e. The van der Waals surface area contributed by atoms with Crippen molar-refractivity contribution in [3.05, 3.63) is 51.4 Å². The second kappa shape index (κ2) is 8.77. The Morgan fingerprint density at radius 1 is 1.30 bits per heavy atom. The molecule has 0 radical (unpaired) electrons. The van der Waals surface area contributed by atoms with Crippen LogP contribution in [0.3, 0.4) is 0 Å². The van der Waals surface area contributed by atoms with E-state index in [0.29, 0.717) is 33.7 Å². The first-order valence-electron chi connectivity index (χ1n) is 8.46. The Kier molecular flexibility index (Phi) is 6.41. The Balaban J connectivity index is 1.53. The van der Waals surface area contributed by atoms with E-state index >= 15 is 0 Å². The standard InChI is InChI=1S/C19H19N3O2S3/c1-12-5-7-14(8-6-12)10-15-17(24)22(19(25)27-15)9-3-4-16(23)21-18-20-13(2)11-26-18/h5-8,10-11H,3-4,9H2,1-2H3,(H,20,21,23)/b15-10-. The predicted molar refractivity (Wildman–Crippen MR) is 116 cm³/mol. The molecule has 1 aromatic carbocycles. The zero-order valence-electron chi connectivity index (χ0n) is 15.0. The van der Waals surface area contributed by atoms with Crippen molar-refractivity contribution in [3.63, 3.8) is 0 Å². The van der Waals surface area contributed by atoms with E-state index in [1.807, 2.05) is 49.6 Å². The lowest BCUT2D eigenvalue weighted by Gasteiger charge is -2.13. The van der Waals surface area contributed by atoms with Gasteiger partial charge in [0.15, 0.2) is 5.13 Å². The maximum absolute atomic E-state index is 12.6. The first-order chi connectivity index (χ1) is 12.9. The molecule has 1 N–H and O–H groups in total. The summed E-state index contributed by atoms with van der Waals surface area (Å²) in [4.78, 5) is 31.0. The summed E-state index contributed by atoms with van der Waals surface area (Å²) < 4.78 is 0.536. The van der Waals surface area contributed by atoms with Gasteiger partial charge in [-0.25, -0.2) is 4.98 Å². The average Bonchev–Trinajstić information content (AvgIpc) is 3.14. The van der Waals surface area contributed by atoms with Crippen LogP contribution in [0.5, 0.6) is 0 Å². The fourth-order valence-corrected chi connectivity index (χ4v) is 4.51. The first-order valence-corrected chi connectivity index (χ1v) is 10.6. The van der Waals surface area contributed by atoms with Crippen LogP contribution < -0.4 is 5.32 Å². The molecule has 0 bridgehead atoms. The van der Waals surface area contributed by atoms with Gasteiger partial charge >= 0.3 is 0 Å². The number of hydrogen-bond donors (Lipinski definition) is 1. The summed E-state index contributed by atoms with van der Waals surface area (Å²) in [5, 5.41) is 5.26. The highest BCUT2D eigenvalue weighted by molar-refractivity contribution is 8.26. The molecule has 140 valence electrons. The van der Waals surface area contributed by atoms with Crippen molar-refractivity contribution in [2.24, 2.45) is 0 Å². The summed E-state index contributed by atoms with van der Waals surface area (Å²) in [6.07, 6.45) is 2.71. The highest BCUT2D eigenvalue weighted by Gasteiger charge is 2.31. The number of anilines is 1. The van der Waals surface area contributed by atoms with E-state index in [9.17, 15) is 9.59 Å². The Hall–Kier alpha value is -2.03. The van der Waals surface area contributed by atoms with Gasteiger partial charge in [-0.15, -0.1) is 11.3 Å². The summed E-state index contributed by atoms with van der Waals surface area (Å²) in [7, 11) is 0. The fourth-order valence-electron chi connectivity index (χ4n) is 2.50. The third kappa shape index (κ3) is 5.24. The summed E-state index contributed by atoms with van der Waals surface area (Å²) in [6.45, 7) is 4.33. The Labute approximate surface area is 171 Å². The summed E-state index contributed by atoms with van der Waals surface area (Å²) >= 11 is 8.04. The normalized spacial score (nSPS) is 15.6. The molecule has 2 amide bonds. The number of nitrogens with zero attached hydrogens (tertiary/aromatic N) is 2. The zero-order valence-corrected chi connectivity index (χ0v) is 17.5. The summed E-state index contributed by atoms with van der Waals surface area (Å²) in [6, 6.07) is 7.98. The number of nitrogens with one attached hydrogen (secondary N) is 1. The van der Waals surface area contributed by atoms with Crippen molar-refractivity contribution >= 4 is 62.7 Å². The molecule has 0 spiro atoms. The van der Waals surface area contributed by atoms with E-state index in [-0.39, 0.29) is 11.8 Å². The van der Waals surface area contributed by atoms with Crippen LogP contribution in [0, 0.1) is 13.8 Å². The first kappa shape index (κ1) is 19.7. The topological polar surface area (TPSA) is 62.3 Å². The molecule has 3 rings (SSSR count). The molecule has 0 aliphatic carbocycles. The zero-order chi connectivity index (χ0) is 19.4. The Morgan fingerprint density at radius 3 is 2.70 bits per heavy atom. The molecule has 1 saturated heterocycles. The van der Waals surface area contributed by atoms with Gasteiger partial charge in [0.1, 0.15) is 4.32 Å². The number of carbonyl (C=O) groups is 2. The van der Waals surface area contributed by atoms with E-state index in [2.05, 4.69) is 10.3 Å². The number of carbonyl (C=O) groups excluding carboxylic acids is 2. The van der Waals surface area contributed by atoms with Gasteiger partial charge in [0.25, 0.3) is 5.91 Å². The molecule has 0 saturated carbocycles. The van der Waals surface area contributed by atoms with E-state index in [1.54, 1.807) is 4.90 Å². The SMILES string of the molecule is Cc1ccc(/C=C2\SC(=S)N(CCCC(=O)Nc3nc(C)cs3)C2=O)cc1. The van der Waals surface area contributed by atoms with E-state index in [1.165, 1.54) is 28.7 Å². The maximum atomic E-state index is 12.6. The molecule has 1 aliphatic heterocycles. The van der Waals surface area contributed by atoms with Gasteiger partial charge < -0.3 is 5.32 Å². The molecule has 8 heteroatoms. The van der Waals surface area contributed by atoms with Crippen LogP contribution >= 0.6 is 35.3 Å². The van der Waals surface area contributed by atoms with E-state index in [0.717, 1.165) is 11.3 Å². The van der Waals surface area contributed by atoms with Crippen LogP contribution in [0.4, 0.5) is 5.13 Å². The lowest BCUT2D eigenvalue weighted by atomic mass is 10.1. The number of rotatable bonds is 6. The van der Waals surface area contributed by atoms with Crippen molar-refractivity contribution in [3.8, 4) is 0 Å². The van der Waals surface area contributed by atoms with Crippen LogP contribution in [0.2, 0.25) is 0 Å². The molecule has 1 aromatic heterocycles. The number of hydrogen-bond acceptors (Lipinski definition) is 6. The van der Waals surface area contributed by atoms with Crippen LogP contribution in [0.25, 0.3) is 6.08 Å². The Bertz CT molecular complexity index is 903. The molecule has 27 heavy (non-hydrogen) atoms. The number of amides is 2. The van der Waals surface area contributed by atoms with Gasteiger partial charge in [0, 0.05) is 18.3 Å². The monoisotopic (exact) mass is 417 g/mol. The van der Waals surface area contributed by atoms with Gasteiger partial charge in [-0.3, -0.25) is 14.5 Å². The number of thioether (sulfide) groups is 1. The molecular weight excluding hydrogens is 398 g/mol. The Morgan fingerprint density at radius 2 is 2.04 bits per heavy atom. The number of aryl methyl sites for hydroxylation is 2. The smallest absolute Gasteiger partial charge is 0.266 e. The largest absolute Gasteiger partial charge is 0.302 e. The van der Waals surface area contributed by atoms with Crippen molar-refractivity contribution in [1.82, 2.24) is 9.88 Å². The van der Waals surface area contributed by atoms with Crippen LogP contribution in [0.15, 0.2) is 34.6 Å². The summed E-state index contributed by atoms with van der Waals surface area (Å²) in [5.41, 5.74) is 3.03. The third-order valence-corrected chi connectivity index (χ3v) is 6.15. The van der Waals surface area contributed by atoms with Crippen molar-refractivity contribution in [1.29, 1.82) is 0 Å². The second-order valence-electron chi connectivity index (χ2n) is 6.19. The number of aromatic nitrogens is 1. The highest BCUT2D eigenvalue weighted by atomic mass is 32.2. The quantitative estimate of drug-likeness (QED) is 0.558. The second-order valence-corrected chi connectivity index (χ2v) is 8.72. The van der Waals surface area contributed by atoms with Gasteiger partial charge in [0.05, 0.1) is 10.6 Å². The number of benzene rings is 1. The predicted octanol–water partition coefficient (Wildman–Crippen LogP) is 4.38. The summed E-state index contributed by atoms with van der Waals surface area (Å²) in [5.74, 6) is -0.202. The third-order valence-electron chi connectivity index (χ3n) is 3.90. The number of thiocarbonyl (C=S) groups is 1. The average molecular weight is 418 g/mol. The molecular formula is C19H19N3O2S3. The van der Waals surface area contributed by atoms with Crippen molar-refractivity contribution in [2.75, 3.05) is 11.9 Å². The lowest BCUT2D eigenvalue weighted by molar-refractivity contribution is -0.122. The van der Waals surface area contributed by atoms with Crippen LogP contribution in [-0.4, -0.2) is 32.6 Å². The lowest BCUT2D eigenvalue weighted by Crippen LogP contribution is -2.29. The highest BCUT2D eigenvalue weighted by Crippen LogP contribution is 2.32. The minimum Gasteiger partial charge on any atom is -0.302 e. The minimum absolute atomic E-state index is 0.0958. The van der Waals surface area contributed by atoms with Crippen LogP contribution in [0.1, 0.15) is 29.7 Å². The van der Waals surface area contributed by atoms with Crippen molar-refractivity contribution in [2.45, 2.75) is 26.7 Å². The minimum atomic E-state index is -0.106. The molecule has 2 aromatic rings. The van der Waals surface area contributed by atoms with Gasteiger partial charge in [-0.2, -0.15) is 0 Å². The molecule has 2 heterocycles. The van der Waals surface area contributed by atoms with E-state index < -0.39 is 0 Å². The molecule has 1 fully saturated rings. The van der Waals surface area contributed by atoms with Crippen LogP contribution in [-0.2, 0) is 9.59 Å². The fraction of sp³-hybridized carbons (Fsp3) is 0.263. The van der Waals surface area contributed by atoms with Gasteiger partial charge in [-0.1, -0.05) is 53.8 Å². The van der Waals surface area contributed by atoms with Gasteiger partial charge in [0.2, 0.25) is 5.91 Å².